The molecule has 1 N–H and O–H groups in total. The molecule has 4 heteroatoms. The average Bonchev–Trinajstić information content (AvgIpc) is 2.47. The molecule has 1 saturated heterocycles. The molecule has 1 aliphatic rings. The molecule has 0 aliphatic carbocycles. The lowest BCUT2D eigenvalue weighted by molar-refractivity contribution is -0.0210. The highest BCUT2D eigenvalue weighted by Gasteiger charge is 2.20. The Balaban J connectivity index is 2.01. The molecule has 0 bridgehead atoms. The number of ether oxygens (including phenoxy) is 2. The number of hydrogen-bond donors (Lipinski definition) is 1. The Hall–Kier alpha value is -1.10. The van der Waals surface area contributed by atoms with E-state index in [0.29, 0.717) is 12.1 Å². The Labute approximate surface area is 122 Å². The van der Waals surface area contributed by atoms with E-state index in [1.807, 2.05) is 12.1 Å². The second-order valence-electron chi connectivity index (χ2n) is 5.32. The van der Waals surface area contributed by atoms with E-state index in [-0.39, 0.29) is 0 Å². The zero-order valence-electron chi connectivity index (χ0n) is 12.8. The first-order chi connectivity index (χ1) is 9.72. The second-order valence-corrected chi connectivity index (χ2v) is 5.32. The standard InChI is InChI=1S/C16H26N2O2/c1-4-17-16(12-18-9-10-20-13(2)11-18)14-5-7-15(19-3)8-6-14/h5-8,13,16-17H,4,9-12H2,1-3H3. The Morgan fingerprint density at radius 3 is 2.75 bits per heavy atom. The van der Waals surface area contributed by atoms with E-state index in [9.17, 15) is 0 Å². The van der Waals surface area contributed by atoms with Crippen LogP contribution >= 0.6 is 0 Å². The van der Waals surface area contributed by atoms with Crippen molar-refractivity contribution in [3.8, 4) is 5.75 Å². The van der Waals surface area contributed by atoms with Crippen LogP contribution in [0.15, 0.2) is 24.3 Å². The summed E-state index contributed by atoms with van der Waals surface area (Å²) in [5.74, 6) is 0.906. The Morgan fingerprint density at radius 1 is 1.40 bits per heavy atom. The van der Waals surface area contributed by atoms with Gasteiger partial charge in [-0.25, -0.2) is 0 Å². The molecule has 1 fully saturated rings. The van der Waals surface area contributed by atoms with E-state index in [4.69, 9.17) is 9.47 Å². The molecular weight excluding hydrogens is 252 g/mol. The molecule has 1 heterocycles. The third kappa shape index (κ3) is 4.20. The first-order valence-corrected chi connectivity index (χ1v) is 7.44. The molecule has 2 rings (SSSR count). The van der Waals surface area contributed by atoms with Gasteiger partial charge in [-0.3, -0.25) is 4.90 Å². The lowest BCUT2D eigenvalue weighted by Gasteiger charge is -2.34. The van der Waals surface area contributed by atoms with Crippen molar-refractivity contribution < 1.29 is 9.47 Å². The van der Waals surface area contributed by atoms with Crippen LogP contribution < -0.4 is 10.1 Å². The highest BCUT2D eigenvalue weighted by molar-refractivity contribution is 5.29. The molecule has 1 aliphatic heterocycles. The summed E-state index contributed by atoms with van der Waals surface area (Å²) in [6.45, 7) is 9.15. The topological polar surface area (TPSA) is 33.7 Å². The number of nitrogens with one attached hydrogen (secondary N) is 1. The minimum absolute atomic E-state index is 0.335. The quantitative estimate of drug-likeness (QED) is 0.863. The number of likely N-dealkylation sites (N-methyl/N-ethyl adjacent to an activating group) is 1. The molecule has 112 valence electrons. The maximum Gasteiger partial charge on any atom is 0.118 e. The molecule has 0 aromatic heterocycles. The van der Waals surface area contributed by atoms with Gasteiger partial charge >= 0.3 is 0 Å². The molecule has 1 aromatic rings. The first kappa shape index (κ1) is 15.3. The fourth-order valence-electron chi connectivity index (χ4n) is 2.69. The van der Waals surface area contributed by atoms with Crippen molar-refractivity contribution in [2.45, 2.75) is 26.0 Å². The number of nitrogens with zero attached hydrogens (tertiary/aromatic N) is 1. The lowest BCUT2D eigenvalue weighted by Crippen LogP contribution is -2.45. The van der Waals surface area contributed by atoms with E-state index in [1.165, 1.54) is 5.56 Å². The van der Waals surface area contributed by atoms with Gasteiger partial charge in [-0.1, -0.05) is 19.1 Å². The van der Waals surface area contributed by atoms with Crippen LogP contribution in [0.4, 0.5) is 0 Å². The van der Waals surface area contributed by atoms with Gasteiger partial charge in [0.05, 0.1) is 19.8 Å². The molecule has 4 nitrogen and oxygen atoms in total. The zero-order chi connectivity index (χ0) is 14.4. The minimum Gasteiger partial charge on any atom is -0.497 e. The van der Waals surface area contributed by atoms with Gasteiger partial charge in [0.15, 0.2) is 0 Å². The van der Waals surface area contributed by atoms with Gasteiger partial charge < -0.3 is 14.8 Å². The van der Waals surface area contributed by atoms with Gasteiger partial charge in [-0.05, 0) is 31.2 Å². The monoisotopic (exact) mass is 278 g/mol. The van der Waals surface area contributed by atoms with Crippen LogP contribution in [-0.2, 0) is 4.74 Å². The summed E-state index contributed by atoms with van der Waals surface area (Å²) in [6, 6.07) is 8.71. The van der Waals surface area contributed by atoms with Gasteiger partial charge in [0.25, 0.3) is 0 Å². The van der Waals surface area contributed by atoms with E-state index >= 15 is 0 Å². The number of morpholine rings is 1. The van der Waals surface area contributed by atoms with Gasteiger partial charge in [0.2, 0.25) is 0 Å². The van der Waals surface area contributed by atoms with E-state index in [2.05, 4.69) is 36.2 Å². The van der Waals surface area contributed by atoms with E-state index < -0.39 is 0 Å². The van der Waals surface area contributed by atoms with Crippen molar-refractivity contribution in [3.05, 3.63) is 29.8 Å². The van der Waals surface area contributed by atoms with E-state index in [0.717, 1.165) is 38.5 Å². The fraction of sp³-hybridized carbons (Fsp3) is 0.625. The molecule has 0 saturated carbocycles. The van der Waals surface area contributed by atoms with Crippen LogP contribution in [-0.4, -0.2) is 50.9 Å². The highest BCUT2D eigenvalue weighted by atomic mass is 16.5. The molecule has 0 amide bonds. The summed E-state index contributed by atoms with van der Waals surface area (Å²) in [4.78, 5) is 2.48. The molecular formula is C16H26N2O2. The van der Waals surface area contributed by atoms with Crippen molar-refractivity contribution in [3.63, 3.8) is 0 Å². The molecule has 1 aromatic carbocycles. The largest absolute Gasteiger partial charge is 0.497 e. The highest BCUT2D eigenvalue weighted by Crippen LogP contribution is 2.19. The van der Waals surface area contributed by atoms with Crippen LogP contribution in [0, 0.1) is 0 Å². The lowest BCUT2D eigenvalue weighted by atomic mass is 10.1. The normalized spacial score (nSPS) is 21.6. The molecule has 20 heavy (non-hydrogen) atoms. The van der Waals surface area contributed by atoms with Gasteiger partial charge in [0.1, 0.15) is 5.75 Å². The molecule has 0 spiro atoms. The van der Waals surface area contributed by atoms with Crippen molar-refractivity contribution in [2.24, 2.45) is 0 Å². The summed E-state index contributed by atoms with van der Waals surface area (Å²) in [5, 5.41) is 3.58. The number of methoxy groups -OCH3 is 1. The average molecular weight is 278 g/mol. The maximum absolute atomic E-state index is 5.61. The summed E-state index contributed by atoms with van der Waals surface area (Å²) in [5.41, 5.74) is 1.31. The third-order valence-electron chi connectivity index (χ3n) is 3.73. The Morgan fingerprint density at radius 2 is 2.15 bits per heavy atom. The van der Waals surface area contributed by atoms with Crippen LogP contribution in [0.2, 0.25) is 0 Å². The number of hydrogen-bond acceptors (Lipinski definition) is 4. The summed E-state index contributed by atoms with van der Waals surface area (Å²) < 4.78 is 10.8. The second kappa shape index (κ2) is 7.62. The maximum atomic E-state index is 5.61. The van der Waals surface area contributed by atoms with Gasteiger partial charge in [-0.2, -0.15) is 0 Å². The van der Waals surface area contributed by atoms with Crippen LogP contribution in [0.3, 0.4) is 0 Å². The van der Waals surface area contributed by atoms with Crippen molar-refractivity contribution in [1.82, 2.24) is 10.2 Å². The molecule has 0 radical (unpaired) electrons. The Kier molecular flexibility index (Phi) is 5.83. The molecule has 2 atom stereocenters. The first-order valence-electron chi connectivity index (χ1n) is 7.44. The van der Waals surface area contributed by atoms with Crippen LogP contribution in [0.1, 0.15) is 25.5 Å². The van der Waals surface area contributed by atoms with E-state index in [1.54, 1.807) is 7.11 Å². The van der Waals surface area contributed by atoms with Crippen LogP contribution in [0.25, 0.3) is 0 Å². The Bertz CT molecular complexity index is 394. The summed E-state index contributed by atoms with van der Waals surface area (Å²) in [7, 11) is 1.70. The fourth-order valence-corrected chi connectivity index (χ4v) is 2.69. The summed E-state index contributed by atoms with van der Waals surface area (Å²) >= 11 is 0. The molecule has 2 unspecified atom stereocenters. The minimum atomic E-state index is 0.335. The van der Waals surface area contributed by atoms with Crippen molar-refractivity contribution in [2.75, 3.05) is 39.9 Å². The predicted octanol–water partition coefficient (Wildman–Crippen LogP) is 2.07. The zero-order valence-corrected chi connectivity index (χ0v) is 12.8. The number of benzene rings is 1. The van der Waals surface area contributed by atoms with Gasteiger partial charge in [-0.15, -0.1) is 0 Å². The van der Waals surface area contributed by atoms with Crippen molar-refractivity contribution >= 4 is 0 Å². The third-order valence-corrected chi connectivity index (χ3v) is 3.73. The summed E-state index contributed by atoms with van der Waals surface area (Å²) in [6.07, 6.45) is 0.335. The SMILES string of the molecule is CCNC(CN1CCOC(C)C1)c1ccc(OC)cc1. The van der Waals surface area contributed by atoms with Gasteiger partial charge in [0, 0.05) is 25.7 Å². The smallest absolute Gasteiger partial charge is 0.118 e. The number of rotatable bonds is 6. The predicted molar refractivity (Wildman–Crippen MR) is 81.3 cm³/mol. The van der Waals surface area contributed by atoms with Crippen LogP contribution in [0.5, 0.6) is 5.75 Å². The van der Waals surface area contributed by atoms with Crippen molar-refractivity contribution in [1.29, 1.82) is 0 Å².